The van der Waals surface area contributed by atoms with Crippen LogP contribution in [-0.4, -0.2) is 60.8 Å². The number of methoxy groups -OCH3 is 1. The first-order chi connectivity index (χ1) is 11.7. The number of nitrogens with one attached hydrogen (secondary N) is 1. The molecule has 1 heterocycles. The lowest BCUT2D eigenvalue weighted by Gasteiger charge is -2.32. The Hall–Kier alpha value is -1.67. The van der Waals surface area contributed by atoms with E-state index in [4.69, 9.17) is 15.2 Å². The van der Waals surface area contributed by atoms with E-state index in [0.717, 1.165) is 11.3 Å². The van der Waals surface area contributed by atoms with Crippen LogP contribution in [0.5, 0.6) is 0 Å². The van der Waals surface area contributed by atoms with Gasteiger partial charge in [-0.25, -0.2) is 14.5 Å². The Morgan fingerprint density at radius 1 is 1.28 bits per heavy atom. The van der Waals surface area contributed by atoms with Crippen molar-refractivity contribution in [3.63, 3.8) is 0 Å². The molecule has 0 aromatic heterocycles. The van der Waals surface area contributed by atoms with E-state index in [9.17, 15) is 14.4 Å². The molecule has 8 heteroatoms. The molecule has 0 radical (unpaired) electrons. The van der Waals surface area contributed by atoms with Gasteiger partial charge in [0, 0.05) is 0 Å². The van der Waals surface area contributed by atoms with Crippen LogP contribution < -0.4 is 11.1 Å². The maximum Gasteiger partial charge on any atom is 0.417 e. The average molecular weight is 357 g/mol. The Labute approximate surface area is 149 Å². The van der Waals surface area contributed by atoms with E-state index >= 15 is 0 Å². The summed E-state index contributed by atoms with van der Waals surface area (Å²) in [4.78, 5) is 38.8. The molecule has 3 N–H and O–H groups in total. The Kier molecular flexibility index (Phi) is 8.31. The smallest absolute Gasteiger partial charge is 0.417 e. The highest BCUT2D eigenvalue weighted by Gasteiger charge is 2.41. The Morgan fingerprint density at radius 3 is 2.44 bits per heavy atom. The van der Waals surface area contributed by atoms with Crippen molar-refractivity contribution in [1.82, 2.24) is 10.2 Å². The number of carbonyl (C=O) groups is 3. The van der Waals surface area contributed by atoms with Gasteiger partial charge in [-0.2, -0.15) is 0 Å². The fourth-order valence-electron chi connectivity index (χ4n) is 2.72. The zero-order chi connectivity index (χ0) is 19.0. The van der Waals surface area contributed by atoms with Gasteiger partial charge in [-0.15, -0.1) is 0 Å². The minimum Gasteiger partial charge on any atom is -0.467 e. The number of nitrogens with two attached hydrogens (primary N) is 1. The number of ether oxygens (including phenoxy) is 2. The normalized spacial score (nSPS) is 18.5. The average Bonchev–Trinajstić information content (AvgIpc) is 3.05. The fraction of sp³-hybridized carbons (Fsp3) is 0.824. The first kappa shape index (κ1) is 21.4. The summed E-state index contributed by atoms with van der Waals surface area (Å²) in [6.07, 6.45) is 2.21. The molecule has 8 nitrogen and oxygen atoms in total. The number of hydrogen-bond acceptors (Lipinski definition) is 7. The Balaban J connectivity index is 3.07. The summed E-state index contributed by atoms with van der Waals surface area (Å²) in [5, 5.41) is 3.06. The van der Waals surface area contributed by atoms with Crippen molar-refractivity contribution in [2.45, 2.75) is 70.6 Å². The second kappa shape index (κ2) is 9.72. The van der Waals surface area contributed by atoms with Crippen LogP contribution in [0.2, 0.25) is 0 Å². The van der Waals surface area contributed by atoms with Crippen molar-refractivity contribution in [2.75, 3.05) is 20.2 Å². The lowest BCUT2D eigenvalue weighted by molar-refractivity contribution is -0.153. The van der Waals surface area contributed by atoms with Crippen LogP contribution in [0.4, 0.5) is 4.79 Å². The van der Waals surface area contributed by atoms with Crippen molar-refractivity contribution in [3.8, 4) is 0 Å². The zero-order valence-electron chi connectivity index (χ0n) is 15.7. The minimum atomic E-state index is -1.01. The Bertz CT molecular complexity index is 469. The molecule has 2 atom stereocenters. The van der Waals surface area contributed by atoms with Crippen LogP contribution in [0, 0.1) is 0 Å². The van der Waals surface area contributed by atoms with Gasteiger partial charge in [-0.1, -0.05) is 0 Å². The summed E-state index contributed by atoms with van der Waals surface area (Å²) in [6.45, 7) is 6.31. The van der Waals surface area contributed by atoms with Gasteiger partial charge in [0.2, 0.25) is 5.91 Å². The molecule has 25 heavy (non-hydrogen) atoms. The van der Waals surface area contributed by atoms with Gasteiger partial charge in [-0.05, 0) is 66.0 Å². The first-order valence-electron chi connectivity index (χ1n) is 8.78. The van der Waals surface area contributed by atoms with Gasteiger partial charge in [-0.3, -0.25) is 4.79 Å². The van der Waals surface area contributed by atoms with Crippen molar-refractivity contribution >= 4 is 18.0 Å². The van der Waals surface area contributed by atoms with Gasteiger partial charge >= 0.3 is 12.1 Å². The number of imide groups is 1. The van der Waals surface area contributed by atoms with Gasteiger partial charge in [0.15, 0.2) is 0 Å². The summed E-state index contributed by atoms with van der Waals surface area (Å²) in [5.41, 5.74) is 4.72. The largest absolute Gasteiger partial charge is 0.467 e. The molecule has 1 rings (SSSR count). The maximum absolute atomic E-state index is 12.9. The molecule has 1 aliphatic heterocycles. The van der Waals surface area contributed by atoms with Gasteiger partial charge in [0.1, 0.15) is 11.6 Å². The number of hydrogen-bond donors (Lipinski definition) is 2. The van der Waals surface area contributed by atoms with E-state index in [2.05, 4.69) is 5.32 Å². The number of esters is 1. The van der Waals surface area contributed by atoms with Gasteiger partial charge in [0.25, 0.3) is 0 Å². The number of unbranched alkanes of at least 4 members (excludes halogenated alkanes) is 1. The summed E-state index contributed by atoms with van der Waals surface area (Å²) < 4.78 is 10.2. The van der Waals surface area contributed by atoms with Gasteiger partial charge < -0.3 is 20.5 Å². The van der Waals surface area contributed by atoms with E-state index in [-0.39, 0.29) is 0 Å². The standard InChI is InChI=1S/C17H31N3O5/c1-17(2,3)25-16(23)20(14(21)12-8-7-11-19-12)13(15(22)24-4)9-5-6-10-18/h12-13,19H,5-11,18H2,1-4H3/t12-,13-/m0/s1. The zero-order valence-corrected chi connectivity index (χ0v) is 15.7. The monoisotopic (exact) mass is 357 g/mol. The SMILES string of the molecule is COC(=O)[C@H](CCCCN)N(C(=O)OC(C)(C)C)C(=O)[C@@H]1CCCN1. The van der Waals surface area contributed by atoms with E-state index in [1.165, 1.54) is 7.11 Å². The van der Waals surface area contributed by atoms with Crippen LogP contribution >= 0.6 is 0 Å². The first-order valence-corrected chi connectivity index (χ1v) is 8.78. The fourth-order valence-corrected chi connectivity index (χ4v) is 2.72. The molecule has 1 aliphatic rings. The molecule has 0 aromatic carbocycles. The highest BCUT2D eigenvalue weighted by Crippen LogP contribution is 2.20. The highest BCUT2D eigenvalue weighted by atomic mass is 16.6. The molecule has 0 aromatic rings. The van der Waals surface area contributed by atoms with E-state index in [1.807, 2.05) is 0 Å². The van der Waals surface area contributed by atoms with Crippen LogP contribution in [0.1, 0.15) is 52.9 Å². The van der Waals surface area contributed by atoms with Gasteiger partial charge in [0.05, 0.1) is 13.2 Å². The molecule has 2 amide bonds. The van der Waals surface area contributed by atoms with Crippen molar-refractivity contribution < 1.29 is 23.9 Å². The van der Waals surface area contributed by atoms with E-state index < -0.39 is 35.7 Å². The van der Waals surface area contributed by atoms with Crippen molar-refractivity contribution in [1.29, 1.82) is 0 Å². The molecule has 0 spiro atoms. The number of nitrogens with zero attached hydrogens (tertiary/aromatic N) is 1. The minimum absolute atomic E-state index is 0.293. The number of carbonyl (C=O) groups excluding carboxylic acids is 3. The number of rotatable bonds is 7. The highest BCUT2D eigenvalue weighted by molar-refractivity contribution is 5.99. The van der Waals surface area contributed by atoms with Crippen LogP contribution in [0.15, 0.2) is 0 Å². The summed E-state index contributed by atoms with van der Waals surface area (Å²) >= 11 is 0. The van der Waals surface area contributed by atoms with Crippen LogP contribution in [-0.2, 0) is 19.1 Å². The summed E-state index contributed by atoms with van der Waals surface area (Å²) in [5.74, 6) is -1.08. The van der Waals surface area contributed by atoms with Crippen LogP contribution in [0.25, 0.3) is 0 Å². The van der Waals surface area contributed by atoms with E-state index in [1.54, 1.807) is 20.8 Å². The molecule has 0 aliphatic carbocycles. The Morgan fingerprint density at radius 2 is 1.96 bits per heavy atom. The topological polar surface area (TPSA) is 111 Å². The third-order valence-electron chi connectivity index (χ3n) is 3.90. The molecule has 0 saturated carbocycles. The molecule has 0 bridgehead atoms. The maximum atomic E-state index is 12.9. The summed E-state index contributed by atoms with van der Waals surface area (Å²) in [7, 11) is 1.24. The molecule has 1 fully saturated rings. The molecule has 1 saturated heterocycles. The third kappa shape index (κ3) is 6.62. The number of amides is 2. The predicted octanol–water partition coefficient (Wildman–Crippen LogP) is 1.17. The second-order valence-electron chi connectivity index (χ2n) is 7.16. The molecule has 0 unspecified atom stereocenters. The lowest BCUT2D eigenvalue weighted by Crippen LogP contribution is -2.55. The predicted molar refractivity (Wildman–Crippen MR) is 92.8 cm³/mol. The molecular formula is C17H31N3O5. The molecule has 144 valence electrons. The quantitative estimate of drug-likeness (QED) is 0.520. The summed E-state index contributed by atoms with van der Waals surface area (Å²) in [6, 6.07) is -1.50. The molecular weight excluding hydrogens is 326 g/mol. The van der Waals surface area contributed by atoms with E-state index in [0.29, 0.717) is 38.8 Å². The van der Waals surface area contributed by atoms with Crippen molar-refractivity contribution in [3.05, 3.63) is 0 Å². The lowest BCUT2D eigenvalue weighted by atomic mass is 10.1. The third-order valence-corrected chi connectivity index (χ3v) is 3.90. The van der Waals surface area contributed by atoms with Crippen molar-refractivity contribution in [2.24, 2.45) is 5.73 Å². The van der Waals surface area contributed by atoms with Crippen LogP contribution in [0.3, 0.4) is 0 Å². The second-order valence-corrected chi connectivity index (χ2v) is 7.16.